The van der Waals surface area contributed by atoms with E-state index >= 15 is 0 Å². The van der Waals surface area contributed by atoms with Crippen molar-refractivity contribution in [1.82, 2.24) is 4.98 Å². The van der Waals surface area contributed by atoms with E-state index in [1.807, 2.05) is 18.4 Å². The number of nitrogens with zero attached hydrogens (tertiary/aromatic N) is 1. The Balaban J connectivity index is 2.51. The molecule has 90 valence electrons. The Morgan fingerprint density at radius 1 is 1.35 bits per heavy atom. The lowest BCUT2D eigenvalue weighted by Crippen LogP contribution is -2.15. The highest BCUT2D eigenvalue weighted by Gasteiger charge is 2.18. The molecule has 0 amide bonds. The molecule has 0 fully saturated rings. The first kappa shape index (κ1) is 12.1. The zero-order valence-electron chi connectivity index (χ0n) is 10.2. The third-order valence-corrected chi connectivity index (χ3v) is 3.40. The Bertz CT molecular complexity index is 508. The normalized spacial score (nSPS) is 12.5. The van der Waals surface area contributed by atoms with Gasteiger partial charge in [-0.25, -0.2) is 4.98 Å². The van der Waals surface area contributed by atoms with Crippen molar-refractivity contribution in [2.75, 3.05) is 7.11 Å². The van der Waals surface area contributed by atoms with E-state index in [0.29, 0.717) is 0 Å². The third-order valence-electron chi connectivity index (χ3n) is 2.79. The van der Waals surface area contributed by atoms with Gasteiger partial charge in [0.1, 0.15) is 5.75 Å². The Hall–Kier alpha value is -1.39. The van der Waals surface area contributed by atoms with Crippen LogP contribution in [0.3, 0.4) is 0 Å². The average molecular weight is 248 g/mol. The summed E-state index contributed by atoms with van der Waals surface area (Å²) in [5.74, 6) is 0.836. The Morgan fingerprint density at radius 3 is 2.71 bits per heavy atom. The summed E-state index contributed by atoms with van der Waals surface area (Å²) in [7, 11) is 1.67. The molecule has 0 saturated carbocycles. The number of nitrogens with two attached hydrogens (primary N) is 1. The Labute approximate surface area is 105 Å². The molecule has 0 spiro atoms. The fourth-order valence-corrected chi connectivity index (χ4v) is 2.62. The number of thiazole rings is 1. The molecule has 1 aromatic carbocycles. The summed E-state index contributed by atoms with van der Waals surface area (Å²) in [5.41, 5.74) is 12.3. The number of methoxy groups -OCH3 is 1. The van der Waals surface area contributed by atoms with Crippen molar-refractivity contribution in [3.8, 4) is 5.75 Å². The molecule has 0 saturated heterocycles. The van der Waals surface area contributed by atoms with Crippen LogP contribution in [-0.4, -0.2) is 12.1 Å². The zero-order chi connectivity index (χ0) is 12.4. The smallest absolute Gasteiger partial charge is 0.124 e. The largest absolute Gasteiger partial charge is 0.496 e. The van der Waals surface area contributed by atoms with Crippen LogP contribution in [0.25, 0.3) is 0 Å². The summed E-state index contributed by atoms with van der Waals surface area (Å²) >= 11 is 1.55. The molecule has 1 heterocycles. The number of rotatable bonds is 3. The number of hydrogen-bond donors (Lipinski definition) is 1. The second-order valence-corrected chi connectivity index (χ2v) is 4.81. The molecule has 0 aliphatic carbocycles. The first-order valence-electron chi connectivity index (χ1n) is 5.42. The number of hydrogen-bond acceptors (Lipinski definition) is 4. The first-order valence-corrected chi connectivity index (χ1v) is 6.36. The van der Waals surface area contributed by atoms with Gasteiger partial charge in [0.25, 0.3) is 0 Å². The van der Waals surface area contributed by atoms with Crippen LogP contribution in [0.5, 0.6) is 5.75 Å². The molecule has 0 aliphatic rings. The summed E-state index contributed by atoms with van der Waals surface area (Å²) in [6.07, 6.45) is 0. The van der Waals surface area contributed by atoms with E-state index in [-0.39, 0.29) is 6.04 Å². The molecule has 0 bridgehead atoms. The van der Waals surface area contributed by atoms with Gasteiger partial charge in [-0.15, -0.1) is 11.3 Å². The third kappa shape index (κ3) is 2.33. The van der Waals surface area contributed by atoms with Crippen molar-refractivity contribution >= 4 is 11.3 Å². The highest BCUT2D eigenvalue weighted by molar-refractivity contribution is 7.07. The standard InChI is InChI=1S/C13H16N2OS/c1-8-4-9(2)12(11(5-8)16-3)13(14)10-6-17-7-15-10/h4-7,13H,14H2,1-3H3. The van der Waals surface area contributed by atoms with Gasteiger partial charge in [0.15, 0.2) is 0 Å². The molecule has 0 radical (unpaired) electrons. The molecule has 1 aromatic heterocycles. The van der Waals surface area contributed by atoms with E-state index in [1.165, 1.54) is 5.56 Å². The summed E-state index contributed by atoms with van der Waals surface area (Å²) in [6, 6.07) is 3.90. The maximum Gasteiger partial charge on any atom is 0.124 e. The lowest BCUT2D eigenvalue weighted by molar-refractivity contribution is 0.406. The molecule has 17 heavy (non-hydrogen) atoms. The average Bonchev–Trinajstić information content (AvgIpc) is 2.80. The fraction of sp³-hybridized carbons (Fsp3) is 0.308. The second kappa shape index (κ2) is 4.85. The van der Waals surface area contributed by atoms with Crippen LogP contribution in [0.15, 0.2) is 23.0 Å². The monoisotopic (exact) mass is 248 g/mol. The van der Waals surface area contributed by atoms with Crippen molar-refractivity contribution < 1.29 is 4.74 Å². The molecular weight excluding hydrogens is 232 g/mol. The summed E-state index contributed by atoms with van der Waals surface area (Å²) < 4.78 is 5.42. The minimum atomic E-state index is -0.225. The van der Waals surface area contributed by atoms with Crippen LogP contribution in [0, 0.1) is 13.8 Å². The maximum absolute atomic E-state index is 6.25. The fourth-order valence-electron chi connectivity index (χ4n) is 2.03. The summed E-state index contributed by atoms with van der Waals surface area (Å²) in [4.78, 5) is 4.27. The molecular formula is C13H16N2OS. The van der Waals surface area contributed by atoms with Crippen LogP contribution >= 0.6 is 11.3 Å². The van der Waals surface area contributed by atoms with Gasteiger partial charge < -0.3 is 10.5 Å². The molecule has 2 aromatic rings. The maximum atomic E-state index is 6.25. The van der Waals surface area contributed by atoms with Gasteiger partial charge >= 0.3 is 0 Å². The predicted molar refractivity (Wildman–Crippen MR) is 70.6 cm³/mol. The van der Waals surface area contributed by atoms with Crippen molar-refractivity contribution in [2.24, 2.45) is 5.73 Å². The van der Waals surface area contributed by atoms with Crippen molar-refractivity contribution in [3.05, 3.63) is 45.4 Å². The highest BCUT2D eigenvalue weighted by atomic mass is 32.1. The van der Waals surface area contributed by atoms with Crippen molar-refractivity contribution in [1.29, 1.82) is 0 Å². The zero-order valence-corrected chi connectivity index (χ0v) is 11.0. The SMILES string of the molecule is COc1cc(C)cc(C)c1C(N)c1cscn1. The van der Waals surface area contributed by atoms with Crippen LogP contribution in [0.1, 0.15) is 28.4 Å². The van der Waals surface area contributed by atoms with Gasteiger partial charge in [0.2, 0.25) is 0 Å². The van der Waals surface area contributed by atoms with Crippen LogP contribution in [0.4, 0.5) is 0 Å². The minimum Gasteiger partial charge on any atom is -0.496 e. The molecule has 3 nitrogen and oxygen atoms in total. The van der Waals surface area contributed by atoms with Crippen molar-refractivity contribution in [2.45, 2.75) is 19.9 Å². The van der Waals surface area contributed by atoms with E-state index in [4.69, 9.17) is 10.5 Å². The van der Waals surface area contributed by atoms with E-state index in [1.54, 1.807) is 24.0 Å². The second-order valence-electron chi connectivity index (χ2n) is 4.09. The van der Waals surface area contributed by atoms with Gasteiger partial charge in [-0.1, -0.05) is 6.07 Å². The topological polar surface area (TPSA) is 48.1 Å². The van der Waals surface area contributed by atoms with E-state index in [2.05, 4.69) is 18.0 Å². The Kier molecular flexibility index (Phi) is 3.45. The van der Waals surface area contributed by atoms with Crippen molar-refractivity contribution in [3.63, 3.8) is 0 Å². The molecule has 1 unspecified atom stereocenters. The van der Waals surface area contributed by atoms with Crippen LogP contribution < -0.4 is 10.5 Å². The van der Waals surface area contributed by atoms with Gasteiger partial charge in [0.05, 0.1) is 24.4 Å². The number of benzene rings is 1. The predicted octanol–water partition coefficient (Wildman–Crippen LogP) is 2.82. The quantitative estimate of drug-likeness (QED) is 0.908. The van der Waals surface area contributed by atoms with E-state index < -0.39 is 0 Å². The molecule has 2 N–H and O–H groups in total. The summed E-state index contributed by atoms with van der Waals surface area (Å²) in [6.45, 7) is 4.10. The van der Waals surface area contributed by atoms with Gasteiger partial charge in [0, 0.05) is 10.9 Å². The lowest BCUT2D eigenvalue weighted by atomic mass is 9.97. The van der Waals surface area contributed by atoms with Crippen LogP contribution in [0.2, 0.25) is 0 Å². The summed E-state index contributed by atoms with van der Waals surface area (Å²) in [5, 5.41) is 1.98. The van der Waals surface area contributed by atoms with E-state index in [9.17, 15) is 0 Å². The van der Waals surface area contributed by atoms with Crippen LogP contribution in [-0.2, 0) is 0 Å². The molecule has 0 aliphatic heterocycles. The number of ether oxygens (including phenoxy) is 1. The van der Waals surface area contributed by atoms with Gasteiger partial charge in [-0.3, -0.25) is 0 Å². The highest BCUT2D eigenvalue weighted by Crippen LogP contribution is 2.32. The Morgan fingerprint density at radius 2 is 2.12 bits per heavy atom. The molecule has 2 rings (SSSR count). The van der Waals surface area contributed by atoms with E-state index in [0.717, 1.165) is 22.6 Å². The molecule has 1 atom stereocenters. The number of aryl methyl sites for hydroxylation is 2. The molecule has 4 heteroatoms. The van der Waals surface area contributed by atoms with Gasteiger partial charge in [-0.05, 0) is 31.0 Å². The van der Waals surface area contributed by atoms with Gasteiger partial charge in [-0.2, -0.15) is 0 Å². The lowest BCUT2D eigenvalue weighted by Gasteiger charge is -2.17. The number of aromatic nitrogens is 1. The minimum absolute atomic E-state index is 0.225. The first-order chi connectivity index (χ1) is 8.13.